The molecule has 2 atom stereocenters. The summed E-state index contributed by atoms with van der Waals surface area (Å²) in [7, 11) is 0. The molecule has 0 radical (unpaired) electrons. The first kappa shape index (κ1) is 14.4. The summed E-state index contributed by atoms with van der Waals surface area (Å²) in [4.78, 5) is 0. The lowest BCUT2D eigenvalue weighted by molar-refractivity contribution is 0.272. The lowest BCUT2D eigenvalue weighted by Crippen LogP contribution is -2.30. The molecule has 0 aliphatic carbocycles. The number of nitrogens with one attached hydrogen (secondary N) is 1. The van der Waals surface area contributed by atoms with E-state index in [0.717, 1.165) is 38.0 Å². The second-order valence-electron chi connectivity index (χ2n) is 5.52. The molecule has 0 spiro atoms. The van der Waals surface area contributed by atoms with E-state index in [1.54, 1.807) is 0 Å². The van der Waals surface area contributed by atoms with Crippen molar-refractivity contribution in [3.63, 3.8) is 0 Å². The van der Waals surface area contributed by atoms with Crippen LogP contribution in [0.25, 0.3) is 0 Å². The zero-order valence-electron chi connectivity index (χ0n) is 12.0. The summed E-state index contributed by atoms with van der Waals surface area (Å²) in [6.07, 6.45) is 4.06. The minimum absolute atomic E-state index is 0.273. The van der Waals surface area contributed by atoms with Crippen molar-refractivity contribution in [3.8, 4) is 5.75 Å². The van der Waals surface area contributed by atoms with Gasteiger partial charge in [0.2, 0.25) is 0 Å². The van der Waals surface area contributed by atoms with Crippen molar-refractivity contribution in [1.82, 2.24) is 5.32 Å². The highest BCUT2D eigenvalue weighted by atomic mass is 16.5. The Morgan fingerprint density at radius 3 is 3.11 bits per heavy atom. The molecule has 0 saturated carbocycles. The molecule has 0 aromatic heterocycles. The van der Waals surface area contributed by atoms with E-state index in [4.69, 9.17) is 9.84 Å². The van der Waals surface area contributed by atoms with Crippen LogP contribution in [0.4, 0.5) is 0 Å². The standard InChI is InChI=1S/C16H25NO2/c1-12-7-8-14-15(17-13(2)5-3-9-18)6-4-10-19-16(14)11-12/h7-8,11,13,15,17-18H,3-6,9-10H2,1-2H3. The van der Waals surface area contributed by atoms with Crippen molar-refractivity contribution in [3.05, 3.63) is 29.3 Å². The molecule has 106 valence electrons. The Hall–Kier alpha value is -1.06. The van der Waals surface area contributed by atoms with Gasteiger partial charge in [-0.25, -0.2) is 0 Å². The summed E-state index contributed by atoms with van der Waals surface area (Å²) in [6.45, 7) is 5.37. The van der Waals surface area contributed by atoms with E-state index in [0.29, 0.717) is 12.1 Å². The molecule has 0 amide bonds. The molecule has 3 nitrogen and oxygen atoms in total. The highest BCUT2D eigenvalue weighted by Crippen LogP contribution is 2.32. The van der Waals surface area contributed by atoms with E-state index < -0.39 is 0 Å². The summed E-state index contributed by atoms with van der Waals surface area (Å²) >= 11 is 0. The Kier molecular flexibility index (Phi) is 5.23. The third kappa shape index (κ3) is 3.95. The van der Waals surface area contributed by atoms with Crippen LogP contribution in [0, 0.1) is 6.92 Å². The highest BCUT2D eigenvalue weighted by Gasteiger charge is 2.20. The van der Waals surface area contributed by atoms with Gasteiger partial charge in [0, 0.05) is 24.3 Å². The van der Waals surface area contributed by atoms with Crippen molar-refractivity contribution < 1.29 is 9.84 Å². The van der Waals surface area contributed by atoms with Crippen molar-refractivity contribution in [1.29, 1.82) is 0 Å². The van der Waals surface area contributed by atoms with Crippen LogP contribution in [-0.4, -0.2) is 24.4 Å². The third-order valence-electron chi connectivity index (χ3n) is 3.72. The summed E-state index contributed by atoms with van der Waals surface area (Å²) in [5, 5.41) is 12.6. The van der Waals surface area contributed by atoms with Gasteiger partial charge in [-0.1, -0.05) is 12.1 Å². The van der Waals surface area contributed by atoms with Crippen LogP contribution < -0.4 is 10.1 Å². The van der Waals surface area contributed by atoms with E-state index >= 15 is 0 Å². The molecule has 3 heteroatoms. The Labute approximate surface area is 116 Å². The lowest BCUT2D eigenvalue weighted by atomic mass is 9.99. The van der Waals surface area contributed by atoms with E-state index in [1.165, 1.54) is 11.1 Å². The van der Waals surface area contributed by atoms with Crippen LogP contribution >= 0.6 is 0 Å². The van der Waals surface area contributed by atoms with Gasteiger partial charge in [0.15, 0.2) is 0 Å². The fourth-order valence-corrected chi connectivity index (χ4v) is 2.68. The molecule has 19 heavy (non-hydrogen) atoms. The monoisotopic (exact) mass is 263 g/mol. The van der Waals surface area contributed by atoms with Gasteiger partial charge in [-0.15, -0.1) is 0 Å². The lowest BCUT2D eigenvalue weighted by Gasteiger charge is -2.23. The summed E-state index contributed by atoms with van der Waals surface area (Å²) in [6, 6.07) is 7.26. The van der Waals surface area contributed by atoms with Crippen molar-refractivity contribution >= 4 is 0 Å². The number of fused-ring (bicyclic) bond motifs is 1. The minimum Gasteiger partial charge on any atom is -0.493 e. The zero-order valence-corrected chi connectivity index (χ0v) is 12.0. The first-order valence-electron chi connectivity index (χ1n) is 7.31. The molecule has 2 N–H and O–H groups in total. The van der Waals surface area contributed by atoms with Crippen molar-refractivity contribution in [2.45, 2.75) is 51.6 Å². The van der Waals surface area contributed by atoms with Gasteiger partial charge < -0.3 is 15.2 Å². The Balaban J connectivity index is 2.08. The SMILES string of the molecule is Cc1ccc2c(c1)OCCCC2NC(C)CCCO. The summed E-state index contributed by atoms with van der Waals surface area (Å²) in [5.41, 5.74) is 2.52. The van der Waals surface area contributed by atoms with Crippen LogP contribution in [0.1, 0.15) is 49.8 Å². The molecule has 1 aliphatic rings. The topological polar surface area (TPSA) is 41.5 Å². The summed E-state index contributed by atoms with van der Waals surface area (Å²) < 4.78 is 5.84. The first-order valence-corrected chi connectivity index (χ1v) is 7.31. The molecule has 1 aromatic rings. The predicted octanol–water partition coefficient (Wildman–Crippen LogP) is 2.96. The van der Waals surface area contributed by atoms with Crippen LogP contribution in [0.3, 0.4) is 0 Å². The maximum atomic E-state index is 8.91. The smallest absolute Gasteiger partial charge is 0.124 e. The number of aliphatic hydroxyl groups is 1. The maximum Gasteiger partial charge on any atom is 0.124 e. The Morgan fingerprint density at radius 1 is 1.47 bits per heavy atom. The number of aliphatic hydroxyl groups excluding tert-OH is 1. The fourth-order valence-electron chi connectivity index (χ4n) is 2.68. The van der Waals surface area contributed by atoms with Gasteiger partial charge in [-0.2, -0.15) is 0 Å². The molecule has 1 heterocycles. The number of ether oxygens (including phenoxy) is 1. The van der Waals surface area contributed by atoms with E-state index in [2.05, 4.69) is 37.4 Å². The van der Waals surface area contributed by atoms with E-state index in [1.807, 2.05) is 0 Å². The normalized spacial score (nSPS) is 20.3. The van der Waals surface area contributed by atoms with Crippen molar-refractivity contribution in [2.75, 3.05) is 13.2 Å². The van der Waals surface area contributed by atoms with Gasteiger partial charge in [-0.3, -0.25) is 0 Å². The van der Waals surface area contributed by atoms with Gasteiger partial charge in [0.05, 0.1) is 6.61 Å². The molecular weight excluding hydrogens is 238 g/mol. The quantitative estimate of drug-likeness (QED) is 0.858. The first-order chi connectivity index (χ1) is 9.20. The molecule has 2 unspecified atom stereocenters. The average molecular weight is 263 g/mol. The third-order valence-corrected chi connectivity index (χ3v) is 3.72. The second kappa shape index (κ2) is 6.92. The van der Waals surface area contributed by atoms with Crippen molar-refractivity contribution in [2.24, 2.45) is 0 Å². The molecule has 2 rings (SSSR count). The molecule has 1 aromatic carbocycles. The molecule has 0 bridgehead atoms. The van der Waals surface area contributed by atoms with Crippen LogP contribution in [0.5, 0.6) is 5.75 Å². The van der Waals surface area contributed by atoms with Gasteiger partial charge in [0.25, 0.3) is 0 Å². The van der Waals surface area contributed by atoms with E-state index in [-0.39, 0.29) is 6.61 Å². The van der Waals surface area contributed by atoms with Crippen LogP contribution in [0.15, 0.2) is 18.2 Å². The zero-order chi connectivity index (χ0) is 13.7. The van der Waals surface area contributed by atoms with Crippen LogP contribution in [0.2, 0.25) is 0 Å². The van der Waals surface area contributed by atoms with E-state index in [9.17, 15) is 0 Å². The Morgan fingerprint density at radius 2 is 2.32 bits per heavy atom. The number of aryl methyl sites for hydroxylation is 1. The average Bonchev–Trinajstić information content (AvgIpc) is 2.58. The van der Waals surface area contributed by atoms with Gasteiger partial charge in [-0.05, 0) is 51.2 Å². The van der Waals surface area contributed by atoms with Gasteiger partial charge in [0.1, 0.15) is 5.75 Å². The number of hydrogen-bond acceptors (Lipinski definition) is 3. The summed E-state index contributed by atoms with van der Waals surface area (Å²) in [5.74, 6) is 1.03. The minimum atomic E-state index is 0.273. The van der Waals surface area contributed by atoms with Crippen LogP contribution in [-0.2, 0) is 0 Å². The fraction of sp³-hybridized carbons (Fsp3) is 0.625. The number of benzene rings is 1. The second-order valence-corrected chi connectivity index (χ2v) is 5.52. The Bertz CT molecular complexity index is 406. The molecule has 0 fully saturated rings. The van der Waals surface area contributed by atoms with Gasteiger partial charge >= 0.3 is 0 Å². The number of hydrogen-bond donors (Lipinski definition) is 2. The largest absolute Gasteiger partial charge is 0.493 e. The molecule has 1 aliphatic heterocycles. The molecular formula is C16H25NO2. The maximum absolute atomic E-state index is 8.91. The molecule has 0 saturated heterocycles. The highest BCUT2D eigenvalue weighted by molar-refractivity contribution is 5.40. The number of rotatable bonds is 5. The predicted molar refractivity (Wildman–Crippen MR) is 77.6 cm³/mol.